The molecule has 0 atom stereocenters. The van der Waals surface area contributed by atoms with E-state index in [9.17, 15) is 0 Å². The number of rotatable bonds is 4. The SMILES string of the molecule is CCCC1CCN(c2ncnc(N)c2OC)CC1. The van der Waals surface area contributed by atoms with Gasteiger partial charge in [-0.05, 0) is 18.8 Å². The van der Waals surface area contributed by atoms with Crippen LogP contribution in [0.5, 0.6) is 5.75 Å². The summed E-state index contributed by atoms with van der Waals surface area (Å²) in [6, 6.07) is 0. The molecule has 1 saturated heterocycles. The molecule has 1 aromatic rings. The number of nitrogens with zero attached hydrogens (tertiary/aromatic N) is 3. The Kier molecular flexibility index (Phi) is 4.23. The first-order valence-electron chi connectivity index (χ1n) is 6.65. The van der Waals surface area contributed by atoms with Gasteiger partial charge in [0.05, 0.1) is 7.11 Å². The summed E-state index contributed by atoms with van der Waals surface area (Å²) < 4.78 is 5.31. The normalized spacial score (nSPS) is 16.9. The Morgan fingerprint density at radius 1 is 1.39 bits per heavy atom. The molecule has 0 spiro atoms. The van der Waals surface area contributed by atoms with Gasteiger partial charge in [-0.25, -0.2) is 9.97 Å². The van der Waals surface area contributed by atoms with Gasteiger partial charge >= 0.3 is 0 Å². The van der Waals surface area contributed by atoms with Crippen molar-refractivity contribution in [3.63, 3.8) is 0 Å². The summed E-state index contributed by atoms with van der Waals surface area (Å²) in [5.41, 5.74) is 5.81. The lowest BCUT2D eigenvalue weighted by molar-refractivity contribution is 0.370. The van der Waals surface area contributed by atoms with Gasteiger partial charge in [-0.1, -0.05) is 19.8 Å². The Morgan fingerprint density at radius 2 is 2.11 bits per heavy atom. The number of aromatic nitrogens is 2. The van der Waals surface area contributed by atoms with Crippen LogP contribution in [0.15, 0.2) is 6.33 Å². The molecule has 2 N–H and O–H groups in total. The highest BCUT2D eigenvalue weighted by Crippen LogP contribution is 2.33. The molecular formula is C13H22N4O. The molecule has 0 saturated carbocycles. The fourth-order valence-electron chi connectivity index (χ4n) is 2.64. The molecule has 1 aromatic heterocycles. The van der Waals surface area contributed by atoms with Crippen LogP contribution < -0.4 is 15.4 Å². The average molecular weight is 250 g/mol. The molecule has 0 unspecified atom stereocenters. The lowest BCUT2D eigenvalue weighted by Crippen LogP contribution is -2.34. The van der Waals surface area contributed by atoms with E-state index in [1.807, 2.05) is 0 Å². The Hall–Kier alpha value is -1.52. The van der Waals surface area contributed by atoms with E-state index in [2.05, 4.69) is 21.8 Å². The second-order valence-corrected chi connectivity index (χ2v) is 4.83. The average Bonchev–Trinajstić information content (AvgIpc) is 2.40. The second kappa shape index (κ2) is 5.89. The van der Waals surface area contributed by atoms with Crippen molar-refractivity contribution in [2.24, 2.45) is 5.92 Å². The maximum atomic E-state index is 5.81. The summed E-state index contributed by atoms with van der Waals surface area (Å²) in [6.45, 7) is 4.30. The first kappa shape index (κ1) is 12.9. The molecule has 0 aromatic carbocycles. The zero-order chi connectivity index (χ0) is 13.0. The highest BCUT2D eigenvalue weighted by Gasteiger charge is 2.23. The highest BCUT2D eigenvalue weighted by atomic mass is 16.5. The van der Waals surface area contributed by atoms with Crippen molar-refractivity contribution in [2.45, 2.75) is 32.6 Å². The van der Waals surface area contributed by atoms with Gasteiger partial charge in [0, 0.05) is 13.1 Å². The number of hydrogen-bond donors (Lipinski definition) is 1. The molecule has 0 amide bonds. The van der Waals surface area contributed by atoms with Gasteiger partial charge in [0.1, 0.15) is 6.33 Å². The van der Waals surface area contributed by atoms with Gasteiger partial charge in [0.25, 0.3) is 0 Å². The van der Waals surface area contributed by atoms with Crippen LogP contribution in [0.3, 0.4) is 0 Å². The van der Waals surface area contributed by atoms with Crippen LogP contribution in [0.25, 0.3) is 0 Å². The molecule has 2 heterocycles. The van der Waals surface area contributed by atoms with Crippen molar-refractivity contribution in [3.8, 4) is 5.75 Å². The topological polar surface area (TPSA) is 64.3 Å². The largest absolute Gasteiger partial charge is 0.490 e. The van der Waals surface area contributed by atoms with E-state index in [4.69, 9.17) is 10.5 Å². The lowest BCUT2D eigenvalue weighted by atomic mass is 9.92. The molecule has 0 radical (unpaired) electrons. The van der Waals surface area contributed by atoms with Gasteiger partial charge in [0.15, 0.2) is 11.6 Å². The summed E-state index contributed by atoms with van der Waals surface area (Å²) in [6.07, 6.45) is 6.55. The van der Waals surface area contributed by atoms with Crippen molar-refractivity contribution in [1.29, 1.82) is 0 Å². The van der Waals surface area contributed by atoms with Crippen LogP contribution in [-0.2, 0) is 0 Å². The van der Waals surface area contributed by atoms with Crippen LogP contribution in [0.4, 0.5) is 11.6 Å². The van der Waals surface area contributed by atoms with Crippen LogP contribution in [0.2, 0.25) is 0 Å². The Balaban J connectivity index is 2.07. The van der Waals surface area contributed by atoms with E-state index in [1.54, 1.807) is 7.11 Å². The quantitative estimate of drug-likeness (QED) is 0.886. The minimum atomic E-state index is 0.415. The number of anilines is 2. The molecule has 0 aliphatic carbocycles. The Morgan fingerprint density at radius 3 is 2.72 bits per heavy atom. The van der Waals surface area contributed by atoms with E-state index in [0.29, 0.717) is 11.6 Å². The molecular weight excluding hydrogens is 228 g/mol. The molecule has 18 heavy (non-hydrogen) atoms. The third kappa shape index (κ3) is 2.66. The first-order chi connectivity index (χ1) is 8.76. The third-order valence-electron chi connectivity index (χ3n) is 3.63. The van der Waals surface area contributed by atoms with Crippen molar-refractivity contribution >= 4 is 11.6 Å². The summed E-state index contributed by atoms with van der Waals surface area (Å²) in [7, 11) is 1.61. The van der Waals surface area contributed by atoms with E-state index < -0.39 is 0 Å². The zero-order valence-electron chi connectivity index (χ0n) is 11.2. The molecule has 5 heteroatoms. The molecule has 1 aliphatic rings. The maximum Gasteiger partial charge on any atom is 0.204 e. The fraction of sp³-hybridized carbons (Fsp3) is 0.692. The van der Waals surface area contributed by atoms with Crippen LogP contribution in [0, 0.1) is 5.92 Å². The standard InChI is InChI=1S/C13H22N4O/c1-3-4-10-5-7-17(8-6-10)13-11(18-2)12(14)15-9-16-13/h9-10H,3-8H2,1-2H3,(H2,14,15,16). The molecule has 1 aliphatic heterocycles. The van der Waals surface area contributed by atoms with Crippen molar-refractivity contribution in [1.82, 2.24) is 9.97 Å². The van der Waals surface area contributed by atoms with Gasteiger partial charge in [-0.2, -0.15) is 0 Å². The van der Waals surface area contributed by atoms with Crippen molar-refractivity contribution in [3.05, 3.63) is 6.33 Å². The first-order valence-corrected chi connectivity index (χ1v) is 6.65. The number of methoxy groups -OCH3 is 1. The zero-order valence-corrected chi connectivity index (χ0v) is 11.2. The molecule has 0 bridgehead atoms. The molecule has 5 nitrogen and oxygen atoms in total. The van der Waals surface area contributed by atoms with Crippen LogP contribution in [0.1, 0.15) is 32.6 Å². The maximum absolute atomic E-state index is 5.81. The molecule has 2 rings (SSSR count). The number of nitrogens with two attached hydrogens (primary N) is 1. The minimum absolute atomic E-state index is 0.415. The lowest BCUT2D eigenvalue weighted by Gasteiger charge is -2.33. The summed E-state index contributed by atoms with van der Waals surface area (Å²) in [5, 5.41) is 0. The van der Waals surface area contributed by atoms with Crippen LogP contribution >= 0.6 is 0 Å². The summed E-state index contributed by atoms with van der Waals surface area (Å²) in [5.74, 6) is 2.71. The number of piperidine rings is 1. The van der Waals surface area contributed by atoms with Gasteiger partial charge in [0.2, 0.25) is 5.75 Å². The highest BCUT2D eigenvalue weighted by molar-refractivity contribution is 5.62. The van der Waals surface area contributed by atoms with Gasteiger partial charge in [-0.15, -0.1) is 0 Å². The minimum Gasteiger partial charge on any atom is -0.490 e. The Labute approximate surface area is 108 Å². The summed E-state index contributed by atoms with van der Waals surface area (Å²) >= 11 is 0. The fourth-order valence-corrected chi connectivity index (χ4v) is 2.64. The van der Waals surface area contributed by atoms with Crippen molar-refractivity contribution < 1.29 is 4.74 Å². The monoisotopic (exact) mass is 250 g/mol. The van der Waals surface area contributed by atoms with Crippen molar-refractivity contribution in [2.75, 3.05) is 30.8 Å². The van der Waals surface area contributed by atoms with E-state index in [1.165, 1.54) is 32.0 Å². The Bertz CT molecular complexity index is 389. The third-order valence-corrected chi connectivity index (χ3v) is 3.63. The molecule has 1 fully saturated rings. The van der Waals surface area contributed by atoms with E-state index >= 15 is 0 Å². The predicted octanol–water partition coefficient (Wildman–Crippen LogP) is 2.08. The van der Waals surface area contributed by atoms with Gasteiger partial charge in [-0.3, -0.25) is 0 Å². The van der Waals surface area contributed by atoms with Crippen LogP contribution in [-0.4, -0.2) is 30.2 Å². The smallest absolute Gasteiger partial charge is 0.204 e. The van der Waals surface area contributed by atoms with E-state index in [-0.39, 0.29) is 0 Å². The number of nitrogen functional groups attached to an aromatic ring is 1. The summed E-state index contributed by atoms with van der Waals surface area (Å²) in [4.78, 5) is 10.5. The number of hydrogen-bond acceptors (Lipinski definition) is 5. The predicted molar refractivity (Wildman–Crippen MR) is 72.8 cm³/mol. The van der Waals surface area contributed by atoms with Gasteiger partial charge < -0.3 is 15.4 Å². The second-order valence-electron chi connectivity index (χ2n) is 4.83. The number of ether oxygens (including phenoxy) is 1. The molecule has 100 valence electrons. The van der Waals surface area contributed by atoms with E-state index in [0.717, 1.165) is 24.8 Å².